The van der Waals surface area contributed by atoms with Gasteiger partial charge >= 0.3 is 6.18 Å². The number of pyridine rings is 1. The smallest absolute Gasteiger partial charge is 0.340 e. The van der Waals surface area contributed by atoms with Crippen molar-refractivity contribution in [3.8, 4) is 0 Å². The number of amides is 2. The van der Waals surface area contributed by atoms with Crippen molar-refractivity contribution in [2.75, 3.05) is 5.32 Å². The Balaban J connectivity index is 2.16. The predicted molar refractivity (Wildman–Crippen MR) is 95.1 cm³/mol. The van der Waals surface area contributed by atoms with E-state index in [1.165, 1.54) is 0 Å². The summed E-state index contributed by atoms with van der Waals surface area (Å²) in [6.07, 6.45) is -3.58. The molecule has 0 saturated carbocycles. The van der Waals surface area contributed by atoms with E-state index in [9.17, 15) is 22.8 Å². The Morgan fingerprint density at radius 1 is 1.11 bits per heavy atom. The number of aryl methyl sites for hydroxylation is 1. The monoisotopic (exact) mass is 379 g/mol. The standard InChI is InChI=1S/C19H20F3N3O2/c1-11(2)16(25-17(26)14-7-5-4-6-12(14)3)18(27)24-15-10-13(8-9-23-15)19(20,21)22/h4-11,16H,1-3H3,(H,25,26)(H,23,24,27). The Morgan fingerprint density at radius 2 is 1.78 bits per heavy atom. The molecule has 0 aliphatic heterocycles. The molecule has 2 aromatic rings. The quantitative estimate of drug-likeness (QED) is 0.830. The van der Waals surface area contributed by atoms with Gasteiger partial charge in [-0.1, -0.05) is 32.0 Å². The maximum Gasteiger partial charge on any atom is 0.416 e. The van der Waals surface area contributed by atoms with Crippen LogP contribution in [0.5, 0.6) is 0 Å². The molecule has 0 saturated heterocycles. The molecule has 144 valence electrons. The van der Waals surface area contributed by atoms with Crippen LogP contribution in [0.25, 0.3) is 0 Å². The molecule has 0 radical (unpaired) electrons. The Morgan fingerprint density at radius 3 is 2.37 bits per heavy atom. The largest absolute Gasteiger partial charge is 0.416 e. The molecule has 2 N–H and O–H groups in total. The van der Waals surface area contributed by atoms with Crippen LogP contribution in [0, 0.1) is 12.8 Å². The molecule has 2 rings (SSSR count). The number of rotatable bonds is 5. The number of hydrogen-bond donors (Lipinski definition) is 2. The lowest BCUT2D eigenvalue weighted by Crippen LogP contribution is -2.47. The number of halogens is 3. The molecule has 5 nitrogen and oxygen atoms in total. The van der Waals surface area contributed by atoms with Crippen LogP contribution in [0.4, 0.5) is 19.0 Å². The zero-order valence-corrected chi connectivity index (χ0v) is 15.1. The first kappa shape index (κ1) is 20.4. The van der Waals surface area contributed by atoms with Gasteiger partial charge in [0.2, 0.25) is 5.91 Å². The van der Waals surface area contributed by atoms with Gasteiger partial charge in [0.15, 0.2) is 0 Å². The molecule has 2 amide bonds. The Kier molecular flexibility index (Phi) is 6.20. The van der Waals surface area contributed by atoms with Crippen LogP contribution in [0.15, 0.2) is 42.6 Å². The normalized spacial score (nSPS) is 12.6. The van der Waals surface area contributed by atoms with Crippen molar-refractivity contribution in [1.29, 1.82) is 0 Å². The summed E-state index contributed by atoms with van der Waals surface area (Å²) in [6, 6.07) is 7.53. The Bertz CT molecular complexity index is 835. The summed E-state index contributed by atoms with van der Waals surface area (Å²) < 4.78 is 38.4. The van der Waals surface area contributed by atoms with Crippen LogP contribution in [0.2, 0.25) is 0 Å². The third-order valence-electron chi connectivity index (χ3n) is 3.96. The summed E-state index contributed by atoms with van der Waals surface area (Å²) >= 11 is 0. The molecular formula is C19H20F3N3O2. The second kappa shape index (κ2) is 8.20. The second-order valence-electron chi connectivity index (χ2n) is 6.43. The number of hydrogen-bond acceptors (Lipinski definition) is 3. The van der Waals surface area contributed by atoms with Crippen LogP contribution in [0.3, 0.4) is 0 Å². The number of nitrogens with one attached hydrogen (secondary N) is 2. The SMILES string of the molecule is Cc1ccccc1C(=O)NC(C(=O)Nc1cc(C(F)(F)F)ccn1)C(C)C. The topological polar surface area (TPSA) is 71.1 Å². The number of carbonyl (C=O) groups is 2. The lowest BCUT2D eigenvalue weighted by Gasteiger charge is -2.22. The van der Waals surface area contributed by atoms with Crippen molar-refractivity contribution in [2.24, 2.45) is 5.92 Å². The third kappa shape index (κ3) is 5.29. The van der Waals surface area contributed by atoms with E-state index in [1.807, 2.05) is 0 Å². The van der Waals surface area contributed by atoms with Gasteiger partial charge < -0.3 is 10.6 Å². The van der Waals surface area contributed by atoms with E-state index in [0.29, 0.717) is 5.56 Å². The summed E-state index contributed by atoms with van der Waals surface area (Å²) in [5.41, 5.74) is 0.253. The fraction of sp³-hybridized carbons (Fsp3) is 0.316. The molecule has 1 atom stereocenters. The first-order valence-corrected chi connectivity index (χ1v) is 8.30. The Labute approximate surface area is 155 Å². The summed E-state index contributed by atoms with van der Waals surface area (Å²) in [6.45, 7) is 5.22. The second-order valence-corrected chi connectivity index (χ2v) is 6.43. The molecule has 8 heteroatoms. The van der Waals surface area contributed by atoms with Gasteiger partial charge in [0, 0.05) is 11.8 Å². The highest BCUT2D eigenvalue weighted by Gasteiger charge is 2.31. The molecule has 0 aliphatic rings. The first-order valence-electron chi connectivity index (χ1n) is 8.30. The van der Waals surface area contributed by atoms with Gasteiger partial charge in [-0.3, -0.25) is 9.59 Å². The molecule has 27 heavy (non-hydrogen) atoms. The van der Waals surface area contributed by atoms with E-state index in [1.54, 1.807) is 45.0 Å². The number of alkyl halides is 3. The van der Waals surface area contributed by atoms with Crippen LogP contribution in [-0.4, -0.2) is 22.8 Å². The van der Waals surface area contributed by atoms with Crippen molar-refractivity contribution in [2.45, 2.75) is 33.0 Å². The van der Waals surface area contributed by atoms with Crippen LogP contribution in [0.1, 0.15) is 35.3 Å². The van der Waals surface area contributed by atoms with E-state index in [0.717, 1.165) is 23.9 Å². The van der Waals surface area contributed by atoms with Gasteiger partial charge in [0.25, 0.3) is 5.91 Å². The van der Waals surface area contributed by atoms with E-state index in [2.05, 4.69) is 15.6 Å². The number of aromatic nitrogens is 1. The van der Waals surface area contributed by atoms with Crippen LogP contribution < -0.4 is 10.6 Å². The van der Waals surface area contributed by atoms with Gasteiger partial charge in [0.1, 0.15) is 11.9 Å². The summed E-state index contributed by atoms with van der Waals surface area (Å²) in [4.78, 5) is 28.7. The predicted octanol–water partition coefficient (Wildman–Crippen LogP) is 3.80. The van der Waals surface area contributed by atoms with Crippen molar-refractivity contribution < 1.29 is 22.8 Å². The van der Waals surface area contributed by atoms with Gasteiger partial charge in [-0.2, -0.15) is 13.2 Å². The van der Waals surface area contributed by atoms with Crippen molar-refractivity contribution in [1.82, 2.24) is 10.3 Å². The number of nitrogens with zero attached hydrogens (tertiary/aromatic N) is 1. The lowest BCUT2D eigenvalue weighted by molar-refractivity contribution is -0.137. The molecule has 1 aromatic carbocycles. The molecule has 1 heterocycles. The fourth-order valence-corrected chi connectivity index (χ4v) is 2.46. The highest BCUT2D eigenvalue weighted by atomic mass is 19.4. The molecular weight excluding hydrogens is 359 g/mol. The van der Waals surface area contributed by atoms with Crippen molar-refractivity contribution >= 4 is 17.6 Å². The zero-order chi connectivity index (χ0) is 20.2. The minimum Gasteiger partial charge on any atom is -0.340 e. The summed E-state index contributed by atoms with van der Waals surface area (Å²) in [5.74, 6) is -1.59. The third-order valence-corrected chi connectivity index (χ3v) is 3.96. The molecule has 0 bridgehead atoms. The summed E-state index contributed by atoms with van der Waals surface area (Å²) in [5, 5.41) is 4.98. The van der Waals surface area contributed by atoms with E-state index in [-0.39, 0.29) is 11.7 Å². The lowest BCUT2D eigenvalue weighted by atomic mass is 10.0. The number of anilines is 1. The highest BCUT2D eigenvalue weighted by Crippen LogP contribution is 2.29. The first-order chi connectivity index (χ1) is 12.6. The average Bonchev–Trinajstić information content (AvgIpc) is 2.59. The summed E-state index contributed by atoms with van der Waals surface area (Å²) in [7, 11) is 0. The molecule has 1 aromatic heterocycles. The fourth-order valence-electron chi connectivity index (χ4n) is 2.46. The van der Waals surface area contributed by atoms with Crippen molar-refractivity contribution in [3.63, 3.8) is 0 Å². The number of carbonyl (C=O) groups excluding carboxylic acids is 2. The van der Waals surface area contributed by atoms with Crippen LogP contribution in [-0.2, 0) is 11.0 Å². The molecule has 0 aliphatic carbocycles. The van der Waals surface area contributed by atoms with Gasteiger partial charge in [-0.15, -0.1) is 0 Å². The minimum absolute atomic E-state index is 0.231. The van der Waals surface area contributed by atoms with E-state index < -0.39 is 29.6 Å². The van der Waals surface area contributed by atoms with Crippen LogP contribution >= 0.6 is 0 Å². The maximum atomic E-state index is 12.8. The minimum atomic E-state index is -4.54. The van der Waals surface area contributed by atoms with Crippen molar-refractivity contribution in [3.05, 3.63) is 59.3 Å². The van der Waals surface area contributed by atoms with E-state index >= 15 is 0 Å². The number of benzene rings is 1. The molecule has 0 fully saturated rings. The molecule has 0 spiro atoms. The highest BCUT2D eigenvalue weighted by molar-refractivity contribution is 6.01. The average molecular weight is 379 g/mol. The maximum absolute atomic E-state index is 12.8. The Hall–Kier alpha value is -2.90. The van der Waals surface area contributed by atoms with E-state index in [4.69, 9.17) is 0 Å². The van der Waals surface area contributed by atoms with Gasteiger partial charge in [0.05, 0.1) is 5.56 Å². The van der Waals surface area contributed by atoms with Gasteiger partial charge in [-0.25, -0.2) is 4.98 Å². The molecule has 1 unspecified atom stereocenters. The zero-order valence-electron chi connectivity index (χ0n) is 15.1. The van der Waals surface area contributed by atoms with Gasteiger partial charge in [-0.05, 0) is 36.6 Å².